The lowest BCUT2D eigenvalue weighted by Gasteiger charge is -2.14. The number of nitrogens with one attached hydrogen (secondary N) is 1. The molecule has 104 valence electrons. The first-order chi connectivity index (χ1) is 9.15. The largest absolute Gasteiger partial charge is 0.457 e. The van der Waals surface area contributed by atoms with Crippen molar-refractivity contribution < 1.29 is 4.42 Å². The highest BCUT2D eigenvalue weighted by Gasteiger charge is 2.17. The molecular formula is C14H20BrN3O. The third-order valence-corrected chi connectivity index (χ3v) is 4.13. The van der Waals surface area contributed by atoms with Crippen molar-refractivity contribution in [2.24, 2.45) is 0 Å². The quantitative estimate of drug-likeness (QED) is 0.880. The molecule has 0 aromatic carbocycles. The van der Waals surface area contributed by atoms with Crippen molar-refractivity contribution in [1.29, 1.82) is 0 Å². The summed E-state index contributed by atoms with van der Waals surface area (Å²) in [7, 11) is 1.95. The minimum absolute atomic E-state index is 0.202. The number of furan rings is 1. The summed E-state index contributed by atoms with van der Waals surface area (Å²) in [5.74, 6) is 0. The van der Waals surface area contributed by atoms with Gasteiger partial charge in [0.25, 0.3) is 0 Å². The van der Waals surface area contributed by atoms with E-state index in [2.05, 4.69) is 52.5 Å². The molecule has 4 nitrogen and oxygen atoms in total. The van der Waals surface area contributed by atoms with Crippen molar-refractivity contribution in [1.82, 2.24) is 15.1 Å². The fraction of sp³-hybridized carbons (Fsp3) is 0.500. The third-order valence-electron chi connectivity index (χ3n) is 3.49. The van der Waals surface area contributed by atoms with E-state index in [0.29, 0.717) is 6.04 Å². The summed E-state index contributed by atoms with van der Waals surface area (Å²) < 4.78 is 8.12. The normalized spacial score (nSPS) is 14.5. The van der Waals surface area contributed by atoms with Gasteiger partial charge in [0, 0.05) is 30.3 Å². The Morgan fingerprint density at radius 3 is 2.84 bits per heavy atom. The van der Waals surface area contributed by atoms with Crippen LogP contribution >= 0.6 is 15.9 Å². The van der Waals surface area contributed by atoms with Gasteiger partial charge in [-0.05, 0) is 48.5 Å². The fourth-order valence-electron chi connectivity index (χ4n) is 2.05. The lowest BCUT2D eigenvalue weighted by atomic mass is 10.1. The molecule has 0 aliphatic rings. The SMILES string of the molecule is CCC(C)n1ccc(CC(NC)c2ccoc2Br)n1. The molecule has 19 heavy (non-hydrogen) atoms. The van der Waals surface area contributed by atoms with Gasteiger partial charge < -0.3 is 9.73 Å². The second-order valence-corrected chi connectivity index (χ2v) is 5.46. The first kappa shape index (κ1) is 14.3. The molecule has 5 heteroatoms. The van der Waals surface area contributed by atoms with Crippen LogP contribution in [0.1, 0.15) is 43.6 Å². The van der Waals surface area contributed by atoms with E-state index in [1.165, 1.54) is 0 Å². The Balaban J connectivity index is 2.11. The van der Waals surface area contributed by atoms with Crippen LogP contribution in [-0.4, -0.2) is 16.8 Å². The van der Waals surface area contributed by atoms with Gasteiger partial charge in [0.15, 0.2) is 4.67 Å². The molecule has 2 unspecified atom stereocenters. The average molecular weight is 326 g/mol. The molecule has 0 saturated carbocycles. The monoisotopic (exact) mass is 325 g/mol. The number of nitrogens with zero attached hydrogens (tertiary/aromatic N) is 2. The van der Waals surface area contributed by atoms with Crippen molar-refractivity contribution >= 4 is 15.9 Å². The molecule has 2 rings (SSSR count). The molecular weight excluding hydrogens is 306 g/mol. The summed E-state index contributed by atoms with van der Waals surface area (Å²) in [6, 6.07) is 4.72. The highest BCUT2D eigenvalue weighted by molar-refractivity contribution is 9.10. The minimum Gasteiger partial charge on any atom is -0.457 e. The lowest BCUT2D eigenvalue weighted by Crippen LogP contribution is -2.19. The maximum atomic E-state index is 5.30. The zero-order valence-corrected chi connectivity index (χ0v) is 13.1. The predicted molar refractivity (Wildman–Crippen MR) is 79.1 cm³/mol. The summed E-state index contributed by atoms with van der Waals surface area (Å²) in [6.45, 7) is 4.35. The maximum absolute atomic E-state index is 5.30. The van der Waals surface area contributed by atoms with E-state index >= 15 is 0 Å². The van der Waals surface area contributed by atoms with Gasteiger partial charge in [-0.15, -0.1) is 0 Å². The van der Waals surface area contributed by atoms with Gasteiger partial charge in [-0.3, -0.25) is 4.68 Å². The molecule has 0 spiro atoms. The van der Waals surface area contributed by atoms with E-state index in [4.69, 9.17) is 4.42 Å². The van der Waals surface area contributed by atoms with E-state index < -0.39 is 0 Å². The number of halogens is 1. The second-order valence-electron chi connectivity index (χ2n) is 4.74. The van der Waals surface area contributed by atoms with E-state index in [1.807, 2.05) is 17.8 Å². The van der Waals surface area contributed by atoms with Gasteiger partial charge in [0.1, 0.15) is 0 Å². The standard InChI is InChI=1S/C14H20BrN3O/c1-4-10(2)18-7-5-11(17-18)9-13(16-3)12-6-8-19-14(12)15/h5-8,10,13,16H,4,9H2,1-3H3. The third kappa shape index (κ3) is 3.28. The first-order valence-corrected chi connectivity index (χ1v) is 7.39. The predicted octanol–water partition coefficient (Wildman–Crippen LogP) is 3.71. The van der Waals surface area contributed by atoms with E-state index in [0.717, 1.165) is 28.8 Å². The second kappa shape index (κ2) is 6.39. The van der Waals surface area contributed by atoms with Crippen LogP contribution in [0.15, 0.2) is 33.7 Å². The zero-order valence-electron chi connectivity index (χ0n) is 11.6. The van der Waals surface area contributed by atoms with Gasteiger partial charge >= 0.3 is 0 Å². The molecule has 2 atom stereocenters. The van der Waals surface area contributed by atoms with E-state index in [-0.39, 0.29) is 6.04 Å². The van der Waals surface area contributed by atoms with Crippen molar-refractivity contribution in [3.8, 4) is 0 Å². The molecule has 0 saturated heterocycles. The van der Waals surface area contributed by atoms with Crippen molar-refractivity contribution in [2.45, 2.75) is 38.8 Å². The molecule has 0 aliphatic heterocycles. The Morgan fingerprint density at radius 2 is 2.26 bits per heavy atom. The fourth-order valence-corrected chi connectivity index (χ4v) is 2.57. The topological polar surface area (TPSA) is 43.0 Å². The molecule has 2 aromatic rings. The molecule has 0 fully saturated rings. The minimum atomic E-state index is 0.202. The van der Waals surface area contributed by atoms with E-state index in [1.54, 1.807) is 6.26 Å². The summed E-state index contributed by atoms with van der Waals surface area (Å²) in [5, 5.41) is 7.95. The number of likely N-dealkylation sites (N-methyl/N-ethyl adjacent to an activating group) is 1. The Labute approximate surface area is 122 Å². The Hall–Kier alpha value is -1.07. The summed E-state index contributed by atoms with van der Waals surface area (Å²) in [5.41, 5.74) is 2.22. The lowest BCUT2D eigenvalue weighted by molar-refractivity contribution is 0.467. The van der Waals surface area contributed by atoms with Crippen LogP contribution in [0.3, 0.4) is 0 Å². The molecule has 0 amide bonds. The number of hydrogen-bond acceptors (Lipinski definition) is 3. The molecule has 2 heterocycles. The van der Waals surface area contributed by atoms with Crippen LogP contribution in [0.2, 0.25) is 0 Å². The molecule has 2 aromatic heterocycles. The zero-order chi connectivity index (χ0) is 13.8. The van der Waals surface area contributed by atoms with Gasteiger partial charge in [-0.25, -0.2) is 0 Å². The average Bonchev–Trinajstić information content (AvgIpc) is 3.04. The van der Waals surface area contributed by atoms with Crippen LogP contribution in [0.5, 0.6) is 0 Å². The van der Waals surface area contributed by atoms with Crippen molar-refractivity contribution in [3.05, 3.63) is 40.5 Å². The maximum Gasteiger partial charge on any atom is 0.173 e. The Kier molecular flexibility index (Phi) is 4.82. The van der Waals surface area contributed by atoms with Gasteiger partial charge in [0.2, 0.25) is 0 Å². The number of aromatic nitrogens is 2. The van der Waals surface area contributed by atoms with Gasteiger partial charge in [-0.2, -0.15) is 5.10 Å². The van der Waals surface area contributed by atoms with E-state index in [9.17, 15) is 0 Å². The van der Waals surface area contributed by atoms with Gasteiger partial charge in [0.05, 0.1) is 12.0 Å². The summed E-state index contributed by atoms with van der Waals surface area (Å²) in [6.07, 6.45) is 5.68. The number of rotatable bonds is 6. The van der Waals surface area contributed by atoms with Crippen LogP contribution in [0.4, 0.5) is 0 Å². The van der Waals surface area contributed by atoms with Crippen LogP contribution in [-0.2, 0) is 6.42 Å². The molecule has 1 N–H and O–H groups in total. The van der Waals surface area contributed by atoms with Crippen molar-refractivity contribution in [3.63, 3.8) is 0 Å². The smallest absolute Gasteiger partial charge is 0.173 e. The van der Waals surface area contributed by atoms with Crippen LogP contribution in [0, 0.1) is 0 Å². The number of hydrogen-bond donors (Lipinski definition) is 1. The van der Waals surface area contributed by atoms with Crippen LogP contribution in [0.25, 0.3) is 0 Å². The Bertz CT molecular complexity index is 520. The molecule has 0 aliphatic carbocycles. The summed E-state index contributed by atoms with van der Waals surface area (Å²) >= 11 is 3.43. The molecule has 0 radical (unpaired) electrons. The highest BCUT2D eigenvalue weighted by Crippen LogP contribution is 2.26. The Morgan fingerprint density at radius 1 is 1.47 bits per heavy atom. The summed E-state index contributed by atoms with van der Waals surface area (Å²) in [4.78, 5) is 0. The van der Waals surface area contributed by atoms with Gasteiger partial charge in [-0.1, -0.05) is 6.92 Å². The molecule has 0 bridgehead atoms. The van der Waals surface area contributed by atoms with Crippen molar-refractivity contribution in [2.75, 3.05) is 7.05 Å². The first-order valence-electron chi connectivity index (χ1n) is 6.59. The van der Waals surface area contributed by atoms with Crippen LogP contribution < -0.4 is 5.32 Å². The highest BCUT2D eigenvalue weighted by atomic mass is 79.9.